The number of hydrogen-bond donors (Lipinski definition) is 0. The highest BCUT2D eigenvalue weighted by Gasteiger charge is 2.22. The van der Waals surface area contributed by atoms with Gasteiger partial charge in [0.1, 0.15) is 0 Å². The van der Waals surface area contributed by atoms with Crippen LogP contribution in [-0.2, 0) is 0 Å². The minimum Gasteiger partial charge on any atom is -0.330 e. The van der Waals surface area contributed by atoms with Crippen molar-refractivity contribution in [2.75, 3.05) is 14.1 Å². The number of rotatable bonds is 5. The summed E-state index contributed by atoms with van der Waals surface area (Å²) in [6, 6.07) is 18.1. The van der Waals surface area contributed by atoms with Gasteiger partial charge in [0.15, 0.2) is 0 Å². The van der Waals surface area contributed by atoms with Gasteiger partial charge >= 0.3 is 0 Å². The fraction of sp³-hybridized carbons (Fsp3) is 0.231. The van der Waals surface area contributed by atoms with Crippen LogP contribution in [-0.4, -0.2) is 28.5 Å². The lowest BCUT2D eigenvalue weighted by Gasteiger charge is -2.30. The first kappa shape index (κ1) is 21.1. The average molecular weight is 429 g/mol. The van der Waals surface area contributed by atoms with Crippen molar-refractivity contribution in [2.45, 2.75) is 20.0 Å². The number of hydrogen-bond acceptors (Lipinski definition) is 3. The van der Waals surface area contributed by atoms with Gasteiger partial charge in [0.2, 0.25) is 0 Å². The molecular formula is C26H25ClN4. The van der Waals surface area contributed by atoms with Gasteiger partial charge in [-0.25, -0.2) is 0 Å². The zero-order valence-corrected chi connectivity index (χ0v) is 18.9. The molecule has 0 saturated carbocycles. The molecule has 0 aliphatic carbocycles. The zero-order valence-electron chi connectivity index (χ0n) is 18.2. The number of pyridine rings is 1. The van der Waals surface area contributed by atoms with Crippen LogP contribution in [0.4, 0.5) is 0 Å². The van der Waals surface area contributed by atoms with E-state index in [1.54, 1.807) is 0 Å². The molecule has 0 bridgehead atoms. The Morgan fingerprint density at radius 2 is 1.77 bits per heavy atom. The second-order valence-corrected chi connectivity index (χ2v) is 8.82. The second-order valence-electron chi connectivity index (χ2n) is 8.39. The van der Waals surface area contributed by atoms with Crippen molar-refractivity contribution in [2.24, 2.45) is 5.92 Å². The van der Waals surface area contributed by atoms with Crippen molar-refractivity contribution in [1.29, 1.82) is 5.26 Å². The van der Waals surface area contributed by atoms with E-state index in [0.717, 1.165) is 33.2 Å². The third-order valence-corrected chi connectivity index (χ3v) is 5.81. The Morgan fingerprint density at radius 1 is 1.00 bits per heavy atom. The molecule has 0 saturated heterocycles. The molecular weight excluding hydrogens is 404 g/mol. The van der Waals surface area contributed by atoms with Crippen molar-refractivity contribution in [1.82, 2.24) is 14.5 Å². The molecule has 0 amide bonds. The Balaban J connectivity index is 1.94. The first-order valence-corrected chi connectivity index (χ1v) is 10.7. The predicted molar refractivity (Wildman–Crippen MR) is 128 cm³/mol. The minimum absolute atomic E-state index is 0.188. The van der Waals surface area contributed by atoms with E-state index in [4.69, 9.17) is 11.6 Å². The molecule has 156 valence electrons. The van der Waals surface area contributed by atoms with Crippen molar-refractivity contribution in [3.05, 3.63) is 77.7 Å². The highest BCUT2D eigenvalue weighted by atomic mass is 35.5. The summed E-state index contributed by atoms with van der Waals surface area (Å²) in [5.41, 5.74) is 5.86. The molecule has 4 nitrogen and oxygen atoms in total. The third kappa shape index (κ3) is 4.07. The fourth-order valence-corrected chi connectivity index (χ4v) is 4.54. The van der Waals surface area contributed by atoms with Crippen LogP contribution in [0.5, 0.6) is 0 Å². The van der Waals surface area contributed by atoms with E-state index in [-0.39, 0.29) is 6.17 Å². The number of nitrogens with zero attached hydrogens (tertiary/aromatic N) is 4. The molecule has 0 radical (unpaired) electrons. The zero-order chi connectivity index (χ0) is 22.1. The van der Waals surface area contributed by atoms with Crippen molar-refractivity contribution >= 4 is 22.5 Å². The molecule has 2 aromatic heterocycles. The second kappa shape index (κ2) is 8.55. The van der Waals surface area contributed by atoms with Crippen molar-refractivity contribution in [3.8, 4) is 28.3 Å². The first-order chi connectivity index (χ1) is 14.9. The molecule has 0 aliphatic rings. The van der Waals surface area contributed by atoms with Gasteiger partial charge in [0, 0.05) is 45.7 Å². The van der Waals surface area contributed by atoms with E-state index >= 15 is 0 Å². The highest BCUT2D eigenvalue weighted by Crippen LogP contribution is 2.36. The Kier molecular flexibility index (Phi) is 5.82. The van der Waals surface area contributed by atoms with Crippen LogP contribution < -0.4 is 0 Å². The van der Waals surface area contributed by atoms with E-state index in [1.807, 2.05) is 54.9 Å². The van der Waals surface area contributed by atoms with Crippen LogP contribution >= 0.6 is 11.6 Å². The van der Waals surface area contributed by atoms with E-state index < -0.39 is 0 Å². The quantitative estimate of drug-likeness (QED) is 0.359. The van der Waals surface area contributed by atoms with Crippen LogP contribution in [0.25, 0.3) is 33.2 Å². The maximum absolute atomic E-state index is 9.48. The largest absolute Gasteiger partial charge is 0.330 e. The van der Waals surface area contributed by atoms with E-state index in [0.29, 0.717) is 16.5 Å². The standard InChI is InChI=1S/C26H25ClN4/c1-17(2)26(30(3)4)31-16-24(23-10-18(13-28)8-9-25(23)31)21-11-20(14-29-15-21)19-6-5-7-22(27)12-19/h5-12,14-17,26H,1-4H3. The molecule has 2 heterocycles. The van der Waals surface area contributed by atoms with Gasteiger partial charge in [-0.05, 0) is 62.0 Å². The molecule has 5 heteroatoms. The Bertz CT molecular complexity index is 1270. The average Bonchev–Trinajstić information content (AvgIpc) is 3.11. The van der Waals surface area contributed by atoms with Gasteiger partial charge in [-0.3, -0.25) is 9.88 Å². The topological polar surface area (TPSA) is 44.9 Å². The molecule has 0 fully saturated rings. The van der Waals surface area contributed by atoms with Crippen LogP contribution in [0.3, 0.4) is 0 Å². The smallest absolute Gasteiger partial charge is 0.0991 e. The van der Waals surface area contributed by atoms with E-state index in [1.165, 1.54) is 0 Å². The van der Waals surface area contributed by atoms with Gasteiger partial charge in [-0.1, -0.05) is 37.6 Å². The lowest BCUT2D eigenvalue weighted by Crippen LogP contribution is -2.29. The number of fused-ring (bicyclic) bond motifs is 1. The molecule has 1 unspecified atom stereocenters. The lowest BCUT2D eigenvalue weighted by atomic mass is 10.0. The summed E-state index contributed by atoms with van der Waals surface area (Å²) in [7, 11) is 4.20. The summed E-state index contributed by atoms with van der Waals surface area (Å²) in [4.78, 5) is 6.74. The molecule has 4 aromatic rings. The van der Waals surface area contributed by atoms with Gasteiger partial charge in [-0.15, -0.1) is 0 Å². The van der Waals surface area contributed by atoms with E-state index in [2.05, 4.69) is 60.7 Å². The molecule has 0 aliphatic heterocycles. The first-order valence-electron chi connectivity index (χ1n) is 10.3. The maximum Gasteiger partial charge on any atom is 0.0991 e. The Labute approximate surface area is 188 Å². The summed E-state index contributed by atoms with van der Waals surface area (Å²) in [5.74, 6) is 0.407. The van der Waals surface area contributed by atoms with Gasteiger partial charge in [0.05, 0.1) is 23.3 Å². The van der Waals surface area contributed by atoms with Gasteiger partial charge < -0.3 is 4.57 Å². The van der Waals surface area contributed by atoms with Gasteiger partial charge in [-0.2, -0.15) is 5.26 Å². The van der Waals surface area contributed by atoms with Crippen molar-refractivity contribution in [3.63, 3.8) is 0 Å². The predicted octanol–water partition coefficient (Wildman–Crippen LogP) is 6.61. The molecule has 2 aromatic carbocycles. The van der Waals surface area contributed by atoms with E-state index in [9.17, 15) is 5.26 Å². The fourth-order valence-electron chi connectivity index (χ4n) is 4.35. The molecule has 0 N–H and O–H groups in total. The molecule has 0 spiro atoms. The summed E-state index contributed by atoms with van der Waals surface area (Å²) in [5, 5.41) is 11.2. The molecule has 1 atom stereocenters. The maximum atomic E-state index is 9.48. The van der Waals surface area contributed by atoms with Gasteiger partial charge in [0.25, 0.3) is 0 Å². The molecule has 4 rings (SSSR count). The molecule has 31 heavy (non-hydrogen) atoms. The number of halogens is 1. The van der Waals surface area contributed by atoms with Crippen LogP contribution in [0.1, 0.15) is 25.6 Å². The minimum atomic E-state index is 0.188. The summed E-state index contributed by atoms with van der Waals surface area (Å²) in [6.07, 6.45) is 6.11. The lowest BCUT2D eigenvalue weighted by molar-refractivity contribution is 0.164. The van der Waals surface area contributed by atoms with Crippen molar-refractivity contribution < 1.29 is 0 Å². The monoisotopic (exact) mass is 428 g/mol. The summed E-state index contributed by atoms with van der Waals surface area (Å²) < 4.78 is 2.31. The Hall–Kier alpha value is -3.13. The normalized spacial score (nSPS) is 12.5. The summed E-state index contributed by atoms with van der Waals surface area (Å²) >= 11 is 6.20. The summed E-state index contributed by atoms with van der Waals surface area (Å²) in [6.45, 7) is 4.45. The van der Waals surface area contributed by atoms with Crippen LogP contribution in [0.2, 0.25) is 5.02 Å². The number of nitriles is 1. The SMILES string of the molecule is CC(C)C(N(C)C)n1cc(-c2cncc(-c3cccc(Cl)c3)c2)c2cc(C#N)ccc21. The number of benzene rings is 2. The van der Waals surface area contributed by atoms with Crippen LogP contribution in [0.15, 0.2) is 67.1 Å². The third-order valence-electron chi connectivity index (χ3n) is 5.58. The Morgan fingerprint density at radius 3 is 2.45 bits per heavy atom. The number of aromatic nitrogens is 2. The van der Waals surface area contributed by atoms with Crippen LogP contribution in [0, 0.1) is 17.2 Å². The highest BCUT2D eigenvalue weighted by molar-refractivity contribution is 6.30.